The van der Waals surface area contributed by atoms with Crippen LogP contribution >= 0.6 is 0 Å². The molecule has 10 aromatic rings. The van der Waals surface area contributed by atoms with Crippen LogP contribution < -0.4 is 18.9 Å². The molecule has 0 bridgehead atoms. The Hall–Kier alpha value is -7.64. The number of fused-ring (bicyclic) bond motifs is 4. The van der Waals surface area contributed by atoms with Gasteiger partial charge in [0.1, 0.15) is 49.4 Å². The van der Waals surface area contributed by atoms with Crippen LogP contribution in [-0.4, -0.2) is 36.6 Å². The monoisotopic (exact) mass is 838 g/mol. The zero-order chi connectivity index (χ0) is 43.2. The van der Waals surface area contributed by atoms with Crippen molar-refractivity contribution in [1.82, 2.24) is 0 Å². The van der Waals surface area contributed by atoms with Crippen LogP contribution in [0.5, 0.6) is 23.0 Å². The molecule has 0 heterocycles. The molecule has 0 atom stereocenters. The van der Waals surface area contributed by atoms with Crippen molar-refractivity contribution in [3.05, 3.63) is 205 Å². The maximum absolute atomic E-state index is 9.71. The van der Waals surface area contributed by atoms with Crippen molar-refractivity contribution in [2.45, 2.75) is 13.2 Å². The summed E-state index contributed by atoms with van der Waals surface area (Å²) in [6, 6.07) is 66.6. The Kier molecular flexibility index (Phi) is 11.6. The molecule has 0 saturated heterocycles. The maximum atomic E-state index is 9.71. The maximum Gasteiger partial charge on any atom is 0.128 e. The van der Waals surface area contributed by atoms with Crippen LogP contribution in [0.3, 0.4) is 0 Å². The fraction of sp³-hybridized carbons (Fsp3) is 0.103. The third-order valence-corrected chi connectivity index (χ3v) is 11.7. The Morgan fingerprint density at radius 2 is 0.609 bits per heavy atom. The number of rotatable bonds is 15. The van der Waals surface area contributed by atoms with Gasteiger partial charge in [-0.3, -0.25) is 0 Å². The smallest absolute Gasteiger partial charge is 0.128 e. The predicted octanol–water partition coefficient (Wildman–Crippen LogP) is 13.2. The first-order chi connectivity index (χ1) is 31.7. The summed E-state index contributed by atoms with van der Waals surface area (Å²) in [5.41, 5.74) is 7.99. The summed E-state index contributed by atoms with van der Waals surface area (Å²) >= 11 is 0. The quantitative estimate of drug-likeness (QED) is 0.107. The van der Waals surface area contributed by atoms with E-state index in [-0.39, 0.29) is 26.4 Å². The third-order valence-electron chi connectivity index (χ3n) is 11.7. The normalized spacial score (nSPS) is 11.3. The van der Waals surface area contributed by atoms with E-state index in [1.54, 1.807) is 0 Å². The van der Waals surface area contributed by atoms with E-state index in [9.17, 15) is 10.2 Å². The average molecular weight is 839 g/mol. The molecule has 0 aliphatic carbocycles. The number of aliphatic hydroxyl groups is 2. The second kappa shape index (κ2) is 18.4. The van der Waals surface area contributed by atoms with Crippen molar-refractivity contribution in [1.29, 1.82) is 0 Å². The molecule has 0 saturated carbocycles. The number of ether oxygens (including phenoxy) is 4. The molecule has 6 heteroatoms. The molecule has 2 N–H and O–H groups in total. The van der Waals surface area contributed by atoms with Gasteiger partial charge in [-0.25, -0.2) is 0 Å². The van der Waals surface area contributed by atoms with E-state index in [4.69, 9.17) is 18.9 Å². The lowest BCUT2D eigenvalue weighted by atomic mass is 9.92. The number of aliphatic hydroxyl groups excluding tert-OH is 2. The predicted molar refractivity (Wildman–Crippen MR) is 259 cm³/mol. The summed E-state index contributed by atoms with van der Waals surface area (Å²) in [6.07, 6.45) is 0. The second-order valence-corrected chi connectivity index (χ2v) is 15.8. The number of hydrogen-bond acceptors (Lipinski definition) is 6. The van der Waals surface area contributed by atoms with E-state index >= 15 is 0 Å². The van der Waals surface area contributed by atoms with E-state index in [2.05, 4.69) is 133 Å². The van der Waals surface area contributed by atoms with Crippen molar-refractivity contribution < 1.29 is 29.2 Å². The highest BCUT2D eigenvalue weighted by atomic mass is 16.5. The Balaban J connectivity index is 0.951. The van der Waals surface area contributed by atoms with Gasteiger partial charge in [-0.05, 0) is 102 Å². The van der Waals surface area contributed by atoms with Crippen LogP contribution in [0.15, 0.2) is 194 Å². The van der Waals surface area contributed by atoms with Crippen LogP contribution in [0.1, 0.15) is 11.1 Å². The van der Waals surface area contributed by atoms with E-state index in [1.807, 2.05) is 60.7 Å². The molecule has 0 aliphatic heterocycles. The molecule has 10 aromatic carbocycles. The fourth-order valence-electron chi connectivity index (χ4n) is 8.83. The Bertz CT molecular complexity index is 3060. The molecule has 64 heavy (non-hydrogen) atoms. The topological polar surface area (TPSA) is 77.4 Å². The van der Waals surface area contributed by atoms with Gasteiger partial charge in [-0.1, -0.05) is 158 Å². The highest BCUT2D eigenvalue weighted by Crippen LogP contribution is 2.47. The number of hydrogen-bond donors (Lipinski definition) is 2. The lowest BCUT2D eigenvalue weighted by Gasteiger charge is -2.20. The minimum atomic E-state index is -0.0853. The molecule has 0 spiro atoms. The molecule has 6 nitrogen and oxygen atoms in total. The molecule has 10 rings (SSSR count). The molecule has 0 aliphatic rings. The molecular formula is C58H46O6. The second-order valence-electron chi connectivity index (χ2n) is 15.8. The Morgan fingerprint density at radius 3 is 0.938 bits per heavy atom. The van der Waals surface area contributed by atoms with Gasteiger partial charge in [0.15, 0.2) is 0 Å². The Morgan fingerprint density at radius 1 is 0.297 bits per heavy atom. The molecule has 0 fully saturated rings. The van der Waals surface area contributed by atoms with Gasteiger partial charge in [0.05, 0.1) is 13.2 Å². The minimum absolute atomic E-state index is 0.0853. The zero-order valence-electron chi connectivity index (χ0n) is 35.2. The molecule has 0 radical (unpaired) electrons. The Labute approximate surface area is 372 Å². The van der Waals surface area contributed by atoms with Crippen molar-refractivity contribution >= 4 is 43.1 Å². The molecule has 0 amide bonds. The van der Waals surface area contributed by atoms with Gasteiger partial charge in [0.2, 0.25) is 0 Å². The van der Waals surface area contributed by atoms with Crippen LogP contribution in [0.25, 0.3) is 76.5 Å². The third kappa shape index (κ3) is 8.09. The highest BCUT2D eigenvalue weighted by Gasteiger charge is 2.21. The first-order valence-corrected chi connectivity index (χ1v) is 21.7. The molecule has 0 aromatic heterocycles. The highest BCUT2D eigenvalue weighted by molar-refractivity contribution is 6.11. The van der Waals surface area contributed by atoms with Gasteiger partial charge in [-0.2, -0.15) is 0 Å². The molecule has 0 unspecified atom stereocenters. The van der Waals surface area contributed by atoms with E-state index in [1.165, 1.54) is 0 Å². The van der Waals surface area contributed by atoms with Gasteiger partial charge in [0, 0.05) is 22.3 Å². The van der Waals surface area contributed by atoms with Gasteiger partial charge in [0.25, 0.3) is 0 Å². The SMILES string of the molecule is OCCOc1ccc2ccccc2c1-c1c(OCc2cccc(-c3cccc(COc4ccc5ccccc5c4-c4c(OCCO)ccc5ccccc45)c3)c2)ccc2ccccc12. The summed E-state index contributed by atoms with van der Waals surface area (Å²) in [6.45, 7) is 0.899. The lowest BCUT2D eigenvalue weighted by molar-refractivity contribution is 0.202. The van der Waals surface area contributed by atoms with Crippen molar-refractivity contribution in [2.24, 2.45) is 0 Å². The minimum Gasteiger partial charge on any atom is -0.491 e. The van der Waals surface area contributed by atoms with E-state index in [0.29, 0.717) is 24.7 Å². The van der Waals surface area contributed by atoms with Crippen molar-refractivity contribution in [2.75, 3.05) is 26.4 Å². The standard InChI is InChI=1S/C58H46O6/c59-31-33-61-51-27-23-41-13-1-5-19-47(41)55(51)57-49-21-7-3-15-43(49)25-29-53(57)63-37-39-11-9-17-45(35-39)46-18-10-12-40(36-46)38-64-54-30-26-44-16-4-8-22-50(44)58(54)56-48-20-6-2-14-42(48)24-28-52(56)62-34-32-60/h1-30,35-36,59-60H,31-34,37-38H2. The van der Waals surface area contributed by atoms with Crippen molar-refractivity contribution in [3.63, 3.8) is 0 Å². The summed E-state index contributed by atoms with van der Waals surface area (Å²) in [5, 5.41) is 28.0. The summed E-state index contributed by atoms with van der Waals surface area (Å²) in [5.74, 6) is 2.89. The summed E-state index contributed by atoms with van der Waals surface area (Å²) in [4.78, 5) is 0. The van der Waals surface area contributed by atoms with Gasteiger partial charge in [-0.15, -0.1) is 0 Å². The van der Waals surface area contributed by atoms with Gasteiger partial charge >= 0.3 is 0 Å². The van der Waals surface area contributed by atoms with Crippen LogP contribution in [0, 0.1) is 0 Å². The molecular weight excluding hydrogens is 793 g/mol. The first kappa shape index (κ1) is 40.4. The fourth-order valence-corrected chi connectivity index (χ4v) is 8.83. The van der Waals surface area contributed by atoms with Crippen molar-refractivity contribution in [3.8, 4) is 56.4 Å². The van der Waals surface area contributed by atoms with Crippen LogP contribution in [0.2, 0.25) is 0 Å². The van der Waals surface area contributed by atoms with Gasteiger partial charge < -0.3 is 29.2 Å². The zero-order valence-corrected chi connectivity index (χ0v) is 35.2. The van der Waals surface area contributed by atoms with Crippen LogP contribution in [0.4, 0.5) is 0 Å². The molecule has 314 valence electrons. The lowest BCUT2D eigenvalue weighted by Crippen LogP contribution is -2.04. The first-order valence-electron chi connectivity index (χ1n) is 21.7. The van der Waals surface area contributed by atoms with E-state index in [0.717, 1.165) is 99.1 Å². The van der Waals surface area contributed by atoms with Crippen LogP contribution in [-0.2, 0) is 13.2 Å². The summed E-state index contributed by atoms with van der Waals surface area (Å²) < 4.78 is 25.9. The largest absolute Gasteiger partial charge is 0.491 e. The number of benzene rings is 10. The average Bonchev–Trinajstić information content (AvgIpc) is 3.35. The summed E-state index contributed by atoms with van der Waals surface area (Å²) in [7, 11) is 0. The van der Waals surface area contributed by atoms with E-state index < -0.39 is 0 Å².